The summed E-state index contributed by atoms with van der Waals surface area (Å²) in [7, 11) is 0. The van der Waals surface area contributed by atoms with Crippen LogP contribution in [0.15, 0.2) is 60.7 Å². The van der Waals surface area contributed by atoms with Crippen LogP contribution in [0.5, 0.6) is 0 Å². The predicted octanol–water partition coefficient (Wildman–Crippen LogP) is 15.4. The van der Waals surface area contributed by atoms with Crippen molar-refractivity contribution in [1.29, 1.82) is 0 Å². The second-order valence-corrected chi connectivity index (χ2v) is 51.2. The van der Waals surface area contributed by atoms with Crippen LogP contribution in [0.2, 0.25) is 29.6 Å². The Morgan fingerprint density at radius 1 is 0.411 bits per heavy atom. The molecule has 0 bridgehead atoms. The van der Waals surface area contributed by atoms with Gasteiger partial charge in [-0.3, -0.25) is 0 Å². The zero-order chi connectivity index (χ0) is 40.0. The third-order valence-corrected chi connectivity index (χ3v) is 32.3. The second kappa shape index (κ2) is 22.6. The van der Waals surface area contributed by atoms with Crippen LogP contribution in [0.25, 0.3) is 20.2 Å². The summed E-state index contributed by atoms with van der Waals surface area (Å²) in [6, 6.07) is 23.3. The molecule has 0 aliphatic rings. The molecule has 0 saturated carbocycles. The van der Waals surface area contributed by atoms with Gasteiger partial charge in [0.15, 0.2) is 0 Å². The maximum atomic E-state index is 3.79. The van der Waals surface area contributed by atoms with Gasteiger partial charge in [0.2, 0.25) is 0 Å². The van der Waals surface area contributed by atoms with Gasteiger partial charge in [-0.15, -0.1) is 0 Å². The van der Waals surface area contributed by atoms with E-state index < -0.39 is 36.8 Å². The first kappa shape index (κ1) is 45.4. The molecular weight excluding hydrogens is 926 g/mol. The van der Waals surface area contributed by atoms with E-state index in [4.69, 9.17) is 0 Å². The van der Waals surface area contributed by atoms with Crippen LogP contribution < -0.4 is 5.79 Å². The third kappa shape index (κ3) is 13.7. The number of rotatable bonds is 20. The molecule has 0 aliphatic heterocycles. The molecule has 0 fully saturated rings. The third-order valence-electron chi connectivity index (χ3n) is 11.1. The number of fused-ring (bicyclic) bond motifs is 2. The molecule has 0 N–H and O–H groups in total. The summed E-state index contributed by atoms with van der Waals surface area (Å²) in [5.41, 5.74) is 7.54. The van der Waals surface area contributed by atoms with Crippen LogP contribution in [-0.4, -0.2) is 36.8 Å². The van der Waals surface area contributed by atoms with Crippen molar-refractivity contribution in [2.24, 2.45) is 0 Å². The first-order valence-corrected chi connectivity index (χ1v) is 43.8. The molecule has 5 aromatic rings. The van der Waals surface area contributed by atoms with E-state index in [1.807, 2.05) is 22.7 Å². The van der Waals surface area contributed by atoms with Crippen molar-refractivity contribution in [1.82, 2.24) is 0 Å². The van der Waals surface area contributed by atoms with E-state index >= 15 is 0 Å². The Morgan fingerprint density at radius 3 is 1.05 bits per heavy atom. The number of thiophene rings is 2. The van der Waals surface area contributed by atoms with Crippen LogP contribution in [0.1, 0.15) is 150 Å². The Morgan fingerprint density at radius 2 is 0.732 bits per heavy atom. The molecule has 5 rings (SSSR count). The van der Waals surface area contributed by atoms with Crippen molar-refractivity contribution in [3.8, 4) is 23.7 Å². The summed E-state index contributed by atoms with van der Waals surface area (Å²) in [5, 5.41) is 2.65. The van der Waals surface area contributed by atoms with Gasteiger partial charge in [-0.05, 0) is 0 Å². The number of unbranched alkanes of at least 4 members (excludes halogenated alkanes) is 14. The molecule has 0 unspecified atom stereocenters. The topological polar surface area (TPSA) is 0 Å². The van der Waals surface area contributed by atoms with Crippen molar-refractivity contribution in [3.63, 3.8) is 0 Å². The number of hydrogen-bond acceptors (Lipinski definition) is 2. The fourth-order valence-corrected chi connectivity index (χ4v) is 20.2. The summed E-state index contributed by atoms with van der Waals surface area (Å²) in [6.07, 6.45) is 24.2. The second-order valence-electron chi connectivity index (χ2n) is 18.3. The van der Waals surface area contributed by atoms with Gasteiger partial charge in [-0.25, -0.2) is 0 Å². The molecule has 4 heteroatoms. The van der Waals surface area contributed by atoms with Gasteiger partial charge in [0.1, 0.15) is 0 Å². The summed E-state index contributed by atoms with van der Waals surface area (Å²) in [5.74, 6) is 14.9. The van der Waals surface area contributed by atoms with Gasteiger partial charge in [0.05, 0.1) is 0 Å². The first-order valence-electron chi connectivity index (χ1n) is 22.2. The summed E-state index contributed by atoms with van der Waals surface area (Å²) < 4.78 is 5.89. The fourth-order valence-electron chi connectivity index (χ4n) is 7.46. The molecule has 0 radical (unpaired) electrons. The minimum atomic E-state index is -2.38. The van der Waals surface area contributed by atoms with E-state index in [-0.39, 0.29) is 0 Å². The Balaban J connectivity index is 1.39. The number of hydrogen-bond donors (Lipinski definition) is 0. The van der Waals surface area contributed by atoms with Gasteiger partial charge in [0, 0.05) is 0 Å². The van der Waals surface area contributed by atoms with Crippen molar-refractivity contribution in [2.75, 3.05) is 0 Å². The Kier molecular flexibility index (Phi) is 18.3. The predicted molar refractivity (Wildman–Crippen MR) is 261 cm³/mol. The van der Waals surface area contributed by atoms with Gasteiger partial charge in [-0.2, -0.15) is 0 Å². The Labute approximate surface area is 358 Å². The molecule has 2 aromatic heterocycles. The van der Waals surface area contributed by atoms with E-state index in [0.717, 1.165) is 11.1 Å². The molecular formula is C52H70S2Sn2. The molecule has 0 nitrogen and oxygen atoms in total. The average molecular weight is 997 g/mol. The van der Waals surface area contributed by atoms with E-state index in [1.54, 1.807) is 5.79 Å². The molecule has 56 heavy (non-hydrogen) atoms. The number of aryl methyl sites for hydroxylation is 2. The van der Waals surface area contributed by atoms with Crippen molar-refractivity contribution >= 4 is 85.4 Å². The minimum absolute atomic E-state index is 1.11. The van der Waals surface area contributed by atoms with Gasteiger partial charge >= 0.3 is 258 Å². The Bertz CT molecular complexity index is 1890. The molecule has 2 heterocycles. The zero-order valence-corrected chi connectivity index (χ0v) is 43.7. The van der Waals surface area contributed by atoms with Crippen molar-refractivity contribution < 1.29 is 0 Å². The van der Waals surface area contributed by atoms with Crippen LogP contribution in [0.3, 0.4) is 0 Å². The monoisotopic (exact) mass is 998 g/mol. The molecule has 3 aromatic carbocycles. The van der Waals surface area contributed by atoms with E-state index in [9.17, 15) is 0 Å². The number of benzene rings is 3. The van der Waals surface area contributed by atoms with Gasteiger partial charge in [0.25, 0.3) is 0 Å². The summed E-state index contributed by atoms with van der Waals surface area (Å²) in [4.78, 5) is 15.2. The van der Waals surface area contributed by atoms with Crippen molar-refractivity contribution in [3.05, 3.63) is 94.0 Å². The summed E-state index contributed by atoms with van der Waals surface area (Å²) >= 11 is -0.730. The first-order chi connectivity index (χ1) is 27.0. The molecule has 0 spiro atoms. The Hall–Kier alpha value is -1.70. The molecule has 0 aliphatic carbocycles. The van der Waals surface area contributed by atoms with Crippen LogP contribution in [0.4, 0.5) is 0 Å². The molecule has 298 valence electrons. The van der Waals surface area contributed by atoms with Gasteiger partial charge in [-0.1, -0.05) is 104 Å². The quantitative estimate of drug-likeness (QED) is 0.0414. The zero-order valence-electron chi connectivity index (χ0n) is 36.3. The maximum absolute atomic E-state index is 3.79. The average Bonchev–Trinajstić information content (AvgIpc) is 3.83. The van der Waals surface area contributed by atoms with Crippen molar-refractivity contribution in [2.45, 2.75) is 159 Å². The normalized spacial score (nSPS) is 11.9. The van der Waals surface area contributed by atoms with E-state index in [2.05, 4.69) is 128 Å². The SMILES string of the molecule is CCCCCCCCCCc1ccc(C#Cc2c3c[c]([Sn]([CH3])([CH3])[CH3])sc3c(C#Cc3ccc(CCCCCCCCCC)cc3)c3c[c]([Sn]([CH3])([CH3])[CH3])sc23)cc1. The molecule has 0 saturated heterocycles. The molecule has 0 atom stereocenters. The standard InChI is InChI=1S/C46H52S2.6CH3.2Sn/c1-3-5-7-9-11-13-15-17-19-37-21-25-39(26-22-37)29-31-41-43-33-35-48-46(43)42(44-34-36-47-45(41)44)32-30-40-27-23-38(24-28-40)20-18-16-14-12-10-8-6-4-2;;;;;;;;/h21-28,33-34H,3-20H2,1-2H3;6*1H3;;. The van der Waals surface area contributed by atoms with Gasteiger partial charge < -0.3 is 0 Å². The fraction of sp³-hybridized carbons (Fsp3) is 0.500. The van der Waals surface area contributed by atoms with E-state index in [1.165, 1.54) is 158 Å². The van der Waals surface area contributed by atoms with Crippen LogP contribution in [0, 0.1) is 23.7 Å². The summed E-state index contributed by atoms with van der Waals surface area (Å²) in [6.45, 7) is 4.59. The van der Waals surface area contributed by atoms with Crippen LogP contribution >= 0.6 is 22.7 Å². The van der Waals surface area contributed by atoms with E-state index in [0.29, 0.717) is 0 Å². The van der Waals surface area contributed by atoms with Crippen LogP contribution in [-0.2, 0) is 12.8 Å². The molecule has 0 amide bonds.